The minimum atomic E-state index is -1.20. The van der Waals surface area contributed by atoms with Crippen molar-refractivity contribution in [3.05, 3.63) is 22.3 Å². The van der Waals surface area contributed by atoms with Crippen LogP contribution >= 0.6 is 15.9 Å². The second kappa shape index (κ2) is 5.07. The van der Waals surface area contributed by atoms with E-state index in [1.54, 1.807) is 12.1 Å². The van der Waals surface area contributed by atoms with E-state index >= 15 is 0 Å². The van der Waals surface area contributed by atoms with Gasteiger partial charge in [0.1, 0.15) is 11.9 Å². The first kappa shape index (κ1) is 11.9. The molecule has 6 heteroatoms. The van der Waals surface area contributed by atoms with Crippen LogP contribution in [0.25, 0.3) is 0 Å². The van der Waals surface area contributed by atoms with Crippen LogP contribution in [0.15, 0.2) is 16.7 Å². The standard InChI is InChI=1S/C9H10BrN3O2/c10-5-3-6(9(12)13-4-5)8(15)7(14)1-2-11/h3-4,7-8,14-15H,1H2,(H2,12,13). The third kappa shape index (κ3) is 2.89. The van der Waals surface area contributed by atoms with Gasteiger partial charge in [-0.1, -0.05) is 0 Å². The summed E-state index contributed by atoms with van der Waals surface area (Å²) in [6.45, 7) is 0. The Bertz CT molecular complexity index is 391. The van der Waals surface area contributed by atoms with Crippen molar-refractivity contribution in [2.75, 3.05) is 5.73 Å². The van der Waals surface area contributed by atoms with Crippen molar-refractivity contribution in [1.29, 1.82) is 5.26 Å². The first-order valence-corrected chi connectivity index (χ1v) is 4.99. The van der Waals surface area contributed by atoms with Gasteiger partial charge in [-0.25, -0.2) is 4.98 Å². The van der Waals surface area contributed by atoms with Crippen LogP contribution in [0, 0.1) is 11.3 Å². The fourth-order valence-corrected chi connectivity index (χ4v) is 1.46. The molecule has 0 amide bonds. The maximum Gasteiger partial charge on any atom is 0.129 e. The molecule has 2 unspecified atom stereocenters. The zero-order chi connectivity index (χ0) is 11.4. The van der Waals surface area contributed by atoms with Crippen LogP contribution in [0.1, 0.15) is 18.1 Å². The first-order valence-electron chi connectivity index (χ1n) is 4.20. The second-order valence-corrected chi connectivity index (χ2v) is 3.92. The summed E-state index contributed by atoms with van der Waals surface area (Å²) < 4.78 is 0.648. The first-order chi connectivity index (χ1) is 7.06. The second-order valence-electron chi connectivity index (χ2n) is 3.00. The van der Waals surface area contributed by atoms with Gasteiger partial charge in [0.05, 0.1) is 18.6 Å². The van der Waals surface area contributed by atoms with Crippen LogP contribution in [0.4, 0.5) is 5.82 Å². The summed E-state index contributed by atoms with van der Waals surface area (Å²) in [5.41, 5.74) is 5.85. The Morgan fingerprint density at radius 1 is 1.60 bits per heavy atom. The largest absolute Gasteiger partial charge is 0.389 e. The van der Waals surface area contributed by atoms with Crippen LogP contribution < -0.4 is 5.73 Å². The van der Waals surface area contributed by atoms with Crippen LogP contribution in [-0.4, -0.2) is 21.3 Å². The van der Waals surface area contributed by atoms with E-state index in [-0.39, 0.29) is 12.2 Å². The molecule has 0 saturated carbocycles. The van der Waals surface area contributed by atoms with Gasteiger partial charge >= 0.3 is 0 Å². The summed E-state index contributed by atoms with van der Waals surface area (Å²) in [5, 5.41) is 27.5. The fraction of sp³-hybridized carbons (Fsp3) is 0.333. The predicted octanol–water partition coefficient (Wildman–Crippen LogP) is 0.734. The normalized spacial score (nSPS) is 14.3. The highest BCUT2D eigenvalue weighted by Gasteiger charge is 2.21. The van der Waals surface area contributed by atoms with E-state index in [0.29, 0.717) is 10.0 Å². The molecule has 0 aromatic carbocycles. The minimum absolute atomic E-state index is 0.141. The molecule has 1 aromatic heterocycles. The summed E-state index contributed by atoms with van der Waals surface area (Å²) in [6.07, 6.45) is -1.03. The third-order valence-electron chi connectivity index (χ3n) is 1.90. The van der Waals surface area contributed by atoms with Crippen molar-refractivity contribution in [2.24, 2.45) is 0 Å². The lowest BCUT2D eigenvalue weighted by atomic mass is 10.0. The van der Waals surface area contributed by atoms with Gasteiger partial charge in [-0.3, -0.25) is 0 Å². The van der Waals surface area contributed by atoms with Crippen LogP contribution in [0.5, 0.6) is 0 Å². The maximum absolute atomic E-state index is 9.68. The van der Waals surface area contributed by atoms with Gasteiger partial charge in [-0.05, 0) is 22.0 Å². The number of hydrogen-bond donors (Lipinski definition) is 3. The van der Waals surface area contributed by atoms with Gasteiger partial charge < -0.3 is 15.9 Å². The van der Waals surface area contributed by atoms with E-state index in [4.69, 9.17) is 11.0 Å². The molecule has 0 aliphatic carbocycles. The number of nitrogens with zero attached hydrogens (tertiary/aromatic N) is 2. The van der Waals surface area contributed by atoms with Crippen molar-refractivity contribution >= 4 is 21.7 Å². The highest BCUT2D eigenvalue weighted by Crippen LogP contribution is 2.25. The Hall–Kier alpha value is -1.16. The van der Waals surface area contributed by atoms with Crippen molar-refractivity contribution in [1.82, 2.24) is 4.98 Å². The van der Waals surface area contributed by atoms with E-state index < -0.39 is 12.2 Å². The Morgan fingerprint density at radius 2 is 2.27 bits per heavy atom. The number of nitrogen functional groups attached to an aromatic ring is 1. The zero-order valence-electron chi connectivity index (χ0n) is 7.76. The molecule has 1 aromatic rings. The molecular formula is C9H10BrN3O2. The summed E-state index contributed by atoms with van der Waals surface area (Å²) >= 11 is 3.18. The molecule has 0 radical (unpaired) electrons. The topological polar surface area (TPSA) is 103 Å². The molecule has 1 rings (SSSR count). The molecule has 0 aliphatic heterocycles. The number of pyridine rings is 1. The lowest BCUT2D eigenvalue weighted by molar-refractivity contribution is 0.0219. The Morgan fingerprint density at radius 3 is 2.87 bits per heavy atom. The molecule has 0 saturated heterocycles. The van der Waals surface area contributed by atoms with Gasteiger partial charge in [0, 0.05) is 16.2 Å². The van der Waals surface area contributed by atoms with Crippen molar-refractivity contribution in [3.8, 4) is 6.07 Å². The van der Waals surface area contributed by atoms with Gasteiger partial charge in [0.15, 0.2) is 0 Å². The summed E-state index contributed by atoms with van der Waals surface area (Å²) in [7, 11) is 0. The molecule has 0 fully saturated rings. The quantitative estimate of drug-likeness (QED) is 0.752. The molecule has 2 atom stereocenters. The molecule has 0 aliphatic rings. The fourth-order valence-electron chi connectivity index (χ4n) is 1.11. The van der Waals surface area contributed by atoms with E-state index in [0.717, 1.165) is 0 Å². The van der Waals surface area contributed by atoms with E-state index in [1.807, 2.05) is 0 Å². The molecule has 0 bridgehead atoms. The van der Waals surface area contributed by atoms with Crippen LogP contribution in [0.2, 0.25) is 0 Å². The van der Waals surface area contributed by atoms with Crippen LogP contribution in [-0.2, 0) is 0 Å². The third-order valence-corrected chi connectivity index (χ3v) is 2.33. The van der Waals surface area contributed by atoms with Gasteiger partial charge in [0.25, 0.3) is 0 Å². The average Bonchev–Trinajstić information content (AvgIpc) is 2.21. The molecule has 0 spiro atoms. The zero-order valence-corrected chi connectivity index (χ0v) is 9.35. The number of anilines is 1. The molecular weight excluding hydrogens is 262 g/mol. The summed E-state index contributed by atoms with van der Waals surface area (Å²) in [6, 6.07) is 3.33. The number of aliphatic hydroxyl groups is 2. The molecule has 5 nitrogen and oxygen atoms in total. The maximum atomic E-state index is 9.68. The van der Waals surface area contributed by atoms with Gasteiger partial charge in [0.2, 0.25) is 0 Å². The molecule has 15 heavy (non-hydrogen) atoms. The predicted molar refractivity (Wildman–Crippen MR) is 57.5 cm³/mol. The van der Waals surface area contributed by atoms with Gasteiger partial charge in [-0.15, -0.1) is 0 Å². The lowest BCUT2D eigenvalue weighted by Gasteiger charge is -2.16. The number of aliphatic hydroxyl groups excluding tert-OH is 2. The number of hydrogen-bond acceptors (Lipinski definition) is 5. The average molecular weight is 272 g/mol. The van der Waals surface area contributed by atoms with Crippen LogP contribution in [0.3, 0.4) is 0 Å². The number of aromatic nitrogens is 1. The molecule has 1 heterocycles. The van der Waals surface area contributed by atoms with E-state index in [9.17, 15) is 10.2 Å². The summed E-state index contributed by atoms with van der Waals surface area (Å²) in [4.78, 5) is 3.82. The summed E-state index contributed by atoms with van der Waals surface area (Å²) in [5.74, 6) is 0.141. The lowest BCUT2D eigenvalue weighted by Crippen LogP contribution is -2.19. The Balaban J connectivity index is 2.95. The Labute approximate surface area is 95.3 Å². The van der Waals surface area contributed by atoms with Crippen molar-refractivity contribution < 1.29 is 10.2 Å². The van der Waals surface area contributed by atoms with Crippen molar-refractivity contribution in [3.63, 3.8) is 0 Å². The monoisotopic (exact) mass is 271 g/mol. The Kier molecular flexibility index (Phi) is 4.03. The van der Waals surface area contributed by atoms with Crippen molar-refractivity contribution in [2.45, 2.75) is 18.6 Å². The smallest absolute Gasteiger partial charge is 0.129 e. The highest BCUT2D eigenvalue weighted by atomic mass is 79.9. The molecule has 4 N–H and O–H groups in total. The van der Waals surface area contributed by atoms with E-state index in [1.165, 1.54) is 6.20 Å². The molecule has 80 valence electrons. The minimum Gasteiger partial charge on any atom is -0.389 e. The van der Waals surface area contributed by atoms with Gasteiger partial charge in [-0.2, -0.15) is 5.26 Å². The highest BCUT2D eigenvalue weighted by molar-refractivity contribution is 9.10. The number of nitrogens with two attached hydrogens (primary N) is 1. The SMILES string of the molecule is N#CCC(O)C(O)c1cc(Br)cnc1N. The number of rotatable bonds is 3. The number of nitriles is 1. The number of halogens is 1. The van der Waals surface area contributed by atoms with E-state index in [2.05, 4.69) is 20.9 Å².